The predicted molar refractivity (Wildman–Crippen MR) is 70.7 cm³/mol. The van der Waals surface area contributed by atoms with Crippen molar-refractivity contribution in [3.05, 3.63) is 28.0 Å². The van der Waals surface area contributed by atoms with Gasteiger partial charge in [0.2, 0.25) is 5.82 Å². The first-order chi connectivity index (χ1) is 8.49. The van der Waals surface area contributed by atoms with E-state index in [4.69, 9.17) is 5.73 Å². The predicted octanol–water partition coefficient (Wildman–Crippen LogP) is 1.61. The molecule has 3 N–H and O–H groups in total. The van der Waals surface area contributed by atoms with Gasteiger partial charge in [-0.25, -0.2) is 4.68 Å². The Bertz CT molecular complexity index is 451. The van der Waals surface area contributed by atoms with E-state index in [-0.39, 0.29) is 11.7 Å². The molecule has 0 fully saturated rings. The van der Waals surface area contributed by atoms with Crippen molar-refractivity contribution in [2.75, 3.05) is 18.4 Å². The van der Waals surface area contributed by atoms with Gasteiger partial charge in [-0.15, -0.1) is 0 Å². The number of nitrogens with two attached hydrogens (primary N) is 1. The summed E-state index contributed by atoms with van der Waals surface area (Å²) >= 11 is 0. The average molecular weight is 253 g/mol. The largest absolute Gasteiger partial charge is 0.361 e. The first kappa shape index (κ1) is 14.2. The van der Waals surface area contributed by atoms with E-state index in [9.17, 15) is 10.1 Å². The third kappa shape index (κ3) is 3.07. The molecular weight excluding hydrogens is 234 g/mol. The molecule has 0 atom stereocenters. The molecule has 0 saturated carbocycles. The summed E-state index contributed by atoms with van der Waals surface area (Å²) in [5.41, 5.74) is 5.78. The number of anilines is 1. The minimum atomic E-state index is -0.407. The van der Waals surface area contributed by atoms with E-state index >= 15 is 0 Å². The molecule has 1 aromatic rings. The molecule has 1 aromatic heterocycles. The molecule has 0 radical (unpaired) electrons. The smallest absolute Gasteiger partial charge is 0.333 e. The number of nitrogens with zero attached hydrogens (tertiary/aromatic N) is 3. The first-order valence-corrected chi connectivity index (χ1v) is 5.81. The van der Waals surface area contributed by atoms with E-state index < -0.39 is 4.92 Å². The van der Waals surface area contributed by atoms with Gasteiger partial charge in [0.05, 0.1) is 4.92 Å². The summed E-state index contributed by atoms with van der Waals surface area (Å²) in [4.78, 5) is 10.6. The zero-order valence-corrected chi connectivity index (χ0v) is 10.9. The highest BCUT2D eigenvalue weighted by Gasteiger charge is 2.25. The first-order valence-electron chi connectivity index (χ1n) is 5.81. The Hall–Kier alpha value is -1.89. The van der Waals surface area contributed by atoms with E-state index in [0.717, 1.165) is 0 Å². The van der Waals surface area contributed by atoms with Gasteiger partial charge in [-0.3, -0.25) is 10.1 Å². The second-order valence-electron chi connectivity index (χ2n) is 4.17. The lowest BCUT2D eigenvalue weighted by Gasteiger charge is -2.10. The van der Waals surface area contributed by atoms with E-state index in [1.54, 1.807) is 17.7 Å². The summed E-state index contributed by atoms with van der Waals surface area (Å²) in [5.74, 6) is 0.439. The number of aryl methyl sites for hydroxylation is 1. The Morgan fingerprint density at radius 3 is 2.72 bits per heavy atom. The van der Waals surface area contributed by atoms with Gasteiger partial charge in [0.1, 0.15) is 5.69 Å². The molecule has 1 rings (SSSR count). The number of rotatable bonds is 6. The Kier molecular flexibility index (Phi) is 4.85. The van der Waals surface area contributed by atoms with Crippen LogP contribution in [0.1, 0.15) is 25.6 Å². The molecule has 7 heteroatoms. The summed E-state index contributed by atoms with van der Waals surface area (Å²) in [6.07, 6.45) is 3.62. The Morgan fingerprint density at radius 1 is 1.56 bits per heavy atom. The zero-order chi connectivity index (χ0) is 13.7. The fraction of sp³-hybridized carbons (Fsp3) is 0.545. The molecule has 0 bridgehead atoms. The summed E-state index contributed by atoms with van der Waals surface area (Å²) < 4.78 is 1.63. The number of nitrogens with one attached hydrogen (secondary N) is 1. The lowest BCUT2D eigenvalue weighted by Crippen LogP contribution is -2.11. The van der Waals surface area contributed by atoms with Gasteiger partial charge in [0.25, 0.3) is 0 Å². The van der Waals surface area contributed by atoms with Crippen LogP contribution in [0.3, 0.4) is 0 Å². The average Bonchev–Trinajstić information content (AvgIpc) is 2.62. The van der Waals surface area contributed by atoms with Gasteiger partial charge in [0.15, 0.2) is 0 Å². The Labute approximate surface area is 106 Å². The highest BCUT2D eigenvalue weighted by molar-refractivity contribution is 5.60. The maximum Gasteiger partial charge on any atom is 0.333 e. The van der Waals surface area contributed by atoms with E-state index in [2.05, 4.69) is 10.4 Å². The monoisotopic (exact) mass is 253 g/mol. The molecule has 0 aliphatic heterocycles. The van der Waals surface area contributed by atoms with Crippen LogP contribution in [-0.2, 0) is 0 Å². The molecule has 0 amide bonds. The van der Waals surface area contributed by atoms with Crippen LogP contribution in [0.5, 0.6) is 0 Å². The van der Waals surface area contributed by atoms with Crippen LogP contribution in [0.2, 0.25) is 0 Å². The Balaban J connectivity index is 3.04. The molecule has 0 saturated heterocycles. The molecule has 0 spiro atoms. The van der Waals surface area contributed by atoms with Crippen LogP contribution in [0, 0.1) is 17.0 Å². The number of hydrogen-bond donors (Lipinski definition) is 2. The SMILES string of the molecule is Cc1nn(C(C)C)c(NC/C=C/CN)c1[N+](=O)[O-]. The molecule has 100 valence electrons. The lowest BCUT2D eigenvalue weighted by atomic mass is 10.3. The third-order valence-electron chi connectivity index (χ3n) is 2.42. The Morgan fingerprint density at radius 2 is 2.22 bits per heavy atom. The highest BCUT2D eigenvalue weighted by Crippen LogP contribution is 2.30. The van der Waals surface area contributed by atoms with E-state index in [1.165, 1.54) is 0 Å². The maximum atomic E-state index is 11.0. The van der Waals surface area contributed by atoms with Crippen LogP contribution in [0.25, 0.3) is 0 Å². The van der Waals surface area contributed by atoms with Crippen molar-refractivity contribution in [3.63, 3.8) is 0 Å². The molecular formula is C11H19N5O2. The number of nitro groups is 1. The summed E-state index contributed by atoms with van der Waals surface area (Å²) in [5, 5.41) is 18.3. The third-order valence-corrected chi connectivity index (χ3v) is 2.42. The van der Waals surface area contributed by atoms with Crippen LogP contribution in [0.4, 0.5) is 11.5 Å². The molecule has 7 nitrogen and oxygen atoms in total. The topological polar surface area (TPSA) is 99.0 Å². The molecule has 0 unspecified atom stereocenters. The van der Waals surface area contributed by atoms with Crippen molar-refractivity contribution in [1.82, 2.24) is 9.78 Å². The second kappa shape index (κ2) is 6.15. The lowest BCUT2D eigenvalue weighted by molar-refractivity contribution is -0.384. The van der Waals surface area contributed by atoms with Crippen LogP contribution >= 0.6 is 0 Å². The summed E-state index contributed by atoms with van der Waals surface area (Å²) in [6.45, 7) is 6.42. The zero-order valence-electron chi connectivity index (χ0n) is 10.9. The molecule has 0 aliphatic carbocycles. The van der Waals surface area contributed by atoms with Gasteiger partial charge in [-0.05, 0) is 20.8 Å². The van der Waals surface area contributed by atoms with Crippen molar-refractivity contribution in [2.45, 2.75) is 26.8 Å². The van der Waals surface area contributed by atoms with Gasteiger partial charge < -0.3 is 11.1 Å². The minimum Gasteiger partial charge on any atom is -0.361 e. The number of hydrogen-bond acceptors (Lipinski definition) is 5. The number of aromatic nitrogens is 2. The van der Waals surface area contributed by atoms with Crippen molar-refractivity contribution < 1.29 is 4.92 Å². The van der Waals surface area contributed by atoms with E-state index in [0.29, 0.717) is 24.6 Å². The van der Waals surface area contributed by atoms with Crippen molar-refractivity contribution in [1.29, 1.82) is 0 Å². The second-order valence-corrected chi connectivity index (χ2v) is 4.17. The molecule has 18 heavy (non-hydrogen) atoms. The van der Waals surface area contributed by atoms with Crippen LogP contribution in [0.15, 0.2) is 12.2 Å². The summed E-state index contributed by atoms with van der Waals surface area (Å²) in [7, 11) is 0. The fourth-order valence-corrected chi connectivity index (χ4v) is 1.63. The minimum absolute atomic E-state index is 0.0323. The standard InChI is InChI=1S/C11H19N5O2/c1-8(2)15-11(13-7-5-4-6-12)10(16(17)18)9(3)14-15/h4-5,8,13H,6-7,12H2,1-3H3/b5-4+. The quantitative estimate of drug-likeness (QED) is 0.456. The molecule has 1 heterocycles. The van der Waals surface area contributed by atoms with E-state index in [1.807, 2.05) is 19.9 Å². The summed E-state index contributed by atoms with van der Waals surface area (Å²) in [6, 6.07) is 0.0541. The maximum absolute atomic E-state index is 11.0. The fourth-order valence-electron chi connectivity index (χ4n) is 1.63. The van der Waals surface area contributed by atoms with Crippen LogP contribution < -0.4 is 11.1 Å². The van der Waals surface area contributed by atoms with Crippen LogP contribution in [-0.4, -0.2) is 27.8 Å². The van der Waals surface area contributed by atoms with Gasteiger partial charge in [0, 0.05) is 19.1 Å². The van der Waals surface area contributed by atoms with Crippen molar-refractivity contribution in [3.8, 4) is 0 Å². The van der Waals surface area contributed by atoms with Crippen molar-refractivity contribution >= 4 is 11.5 Å². The highest BCUT2D eigenvalue weighted by atomic mass is 16.6. The van der Waals surface area contributed by atoms with Crippen molar-refractivity contribution in [2.24, 2.45) is 5.73 Å². The van der Waals surface area contributed by atoms with Gasteiger partial charge in [-0.2, -0.15) is 5.10 Å². The normalized spacial score (nSPS) is 11.4. The van der Waals surface area contributed by atoms with Gasteiger partial charge >= 0.3 is 5.69 Å². The molecule has 0 aliphatic rings. The molecule has 0 aromatic carbocycles. The van der Waals surface area contributed by atoms with Gasteiger partial charge in [-0.1, -0.05) is 12.2 Å².